The van der Waals surface area contributed by atoms with E-state index in [2.05, 4.69) is 35.7 Å². The van der Waals surface area contributed by atoms with Crippen LogP contribution in [-0.2, 0) is 0 Å². The van der Waals surface area contributed by atoms with Crippen LogP contribution in [0.2, 0.25) is 0 Å². The van der Waals surface area contributed by atoms with Gasteiger partial charge in [-0.05, 0) is 24.5 Å². The molecule has 0 amide bonds. The lowest BCUT2D eigenvalue weighted by Crippen LogP contribution is -2.27. The SMILES string of the molecule is Cc1cc(N2CC3C(C2)C3Nc2nc3c(OCCC(F)(F)F)nccn3n2)sn1. The van der Waals surface area contributed by atoms with E-state index in [1.807, 2.05) is 6.92 Å². The molecule has 1 saturated heterocycles. The number of fused-ring (bicyclic) bond motifs is 2. The summed E-state index contributed by atoms with van der Waals surface area (Å²) in [7, 11) is 0. The second-order valence-corrected chi connectivity index (χ2v) is 8.14. The van der Waals surface area contributed by atoms with Crippen molar-refractivity contribution in [3.05, 3.63) is 24.2 Å². The molecule has 3 aromatic heterocycles. The molecule has 1 N–H and O–H groups in total. The van der Waals surface area contributed by atoms with Gasteiger partial charge in [0.1, 0.15) is 5.00 Å². The summed E-state index contributed by atoms with van der Waals surface area (Å²) in [5, 5.41) is 8.90. The number of aryl methyl sites for hydroxylation is 1. The van der Waals surface area contributed by atoms with Gasteiger partial charge >= 0.3 is 6.18 Å². The van der Waals surface area contributed by atoms with E-state index < -0.39 is 19.2 Å². The Kier molecular flexibility index (Phi) is 4.26. The van der Waals surface area contributed by atoms with Gasteiger partial charge in [0.2, 0.25) is 11.6 Å². The van der Waals surface area contributed by atoms with Crippen LogP contribution in [0.5, 0.6) is 5.88 Å². The van der Waals surface area contributed by atoms with E-state index in [9.17, 15) is 13.2 Å². The molecule has 2 aliphatic rings. The minimum absolute atomic E-state index is 0.0417. The molecular weight excluding hydrogens is 407 g/mol. The molecule has 29 heavy (non-hydrogen) atoms. The lowest BCUT2D eigenvalue weighted by atomic mass is 10.3. The van der Waals surface area contributed by atoms with Gasteiger partial charge in [0, 0.05) is 43.4 Å². The number of nitrogens with zero attached hydrogens (tertiary/aromatic N) is 6. The average molecular weight is 425 g/mol. The molecule has 2 fully saturated rings. The van der Waals surface area contributed by atoms with Crippen molar-refractivity contribution in [3.63, 3.8) is 0 Å². The van der Waals surface area contributed by atoms with Gasteiger partial charge in [-0.1, -0.05) is 0 Å². The van der Waals surface area contributed by atoms with Crippen LogP contribution < -0.4 is 15.0 Å². The molecule has 4 heterocycles. The molecule has 1 aliphatic carbocycles. The highest BCUT2D eigenvalue weighted by Crippen LogP contribution is 2.48. The van der Waals surface area contributed by atoms with Gasteiger partial charge in [0.15, 0.2) is 0 Å². The topological polar surface area (TPSA) is 80.5 Å². The third-order valence-electron chi connectivity index (χ3n) is 5.26. The van der Waals surface area contributed by atoms with Gasteiger partial charge in [-0.2, -0.15) is 22.5 Å². The zero-order chi connectivity index (χ0) is 20.2. The maximum absolute atomic E-state index is 12.3. The van der Waals surface area contributed by atoms with Crippen LogP contribution >= 0.6 is 11.5 Å². The molecule has 2 atom stereocenters. The molecule has 1 aliphatic heterocycles. The molecule has 8 nitrogen and oxygen atoms in total. The summed E-state index contributed by atoms with van der Waals surface area (Å²) in [5.74, 6) is 1.51. The minimum Gasteiger partial charge on any atom is -0.475 e. The zero-order valence-electron chi connectivity index (χ0n) is 15.4. The van der Waals surface area contributed by atoms with E-state index in [4.69, 9.17) is 4.74 Å². The number of rotatable bonds is 6. The molecule has 0 aromatic carbocycles. The lowest BCUT2D eigenvalue weighted by Gasteiger charge is -2.19. The van der Waals surface area contributed by atoms with Crippen LogP contribution in [0.1, 0.15) is 12.1 Å². The summed E-state index contributed by atoms with van der Waals surface area (Å²) >= 11 is 1.52. The minimum atomic E-state index is -4.28. The smallest absolute Gasteiger partial charge is 0.392 e. The maximum Gasteiger partial charge on any atom is 0.392 e. The number of anilines is 2. The fourth-order valence-corrected chi connectivity index (χ4v) is 4.57. The molecule has 12 heteroatoms. The van der Waals surface area contributed by atoms with Crippen molar-refractivity contribution in [1.29, 1.82) is 0 Å². The maximum atomic E-state index is 12.3. The van der Waals surface area contributed by atoms with Crippen molar-refractivity contribution in [1.82, 2.24) is 24.0 Å². The van der Waals surface area contributed by atoms with Gasteiger partial charge in [-0.3, -0.25) is 0 Å². The molecule has 2 unspecified atom stereocenters. The third-order valence-corrected chi connectivity index (χ3v) is 6.21. The van der Waals surface area contributed by atoms with Gasteiger partial charge in [-0.15, -0.1) is 5.10 Å². The van der Waals surface area contributed by atoms with E-state index >= 15 is 0 Å². The molecule has 3 aromatic rings. The van der Waals surface area contributed by atoms with Crippen LogP contribution in [0.4, 0.5) is 24.1 Å². The predicted octanol–water partition coefficient (Wildman–Crippen LogP) is 2.77. The highest BCUT2D eigenvalue weighted by Gasteiger charge is 2.56. The predicted molar refractivity (Wildman–Crippen MR) is 100 cm³/mol. The molecule has 0 bridgehead atoms. The van der Waals surface area contributed by atoms with E-state index in [-0.39, 0.29) is 5.88 Å². The fraction of sp³-hybridized carbons (Fsp3) is 0.529. The summed E-state index contributed by atoms with van der Waals surface area (Å²) in [6, 6.07) is 2.40. The number of alkyl halides is 3. The molecule has 0 spiro atoms. The Morgan fingerprint density at radius 1 is 1.31 bits per heavy atom. The van der Waals surface area contributed by atoms with E-state index in [0.717, 1.165) is 18.8 Å². The molecule has 1 saturated carbocycles. The Morgan fingerprint density at radius 2 is 2.10 bits per heavy atom. The number of piperidine rings is 1. The average Bonchev–Trinajstić information content (AvgIpc) is 3.11. The highest BCUT2D eigenvalue weighted by molar-refractivity contribution is 7.10. The van der Waals surface area contributed by atoms with Crippen LogP contribution in [0.25, 0.3) is 5.65 Å². The first kappa shape index (κ1) is 18.4. The van der Waals surface area contributed by atoms with Gasteiger partial charge in [0.05, 0.1) is 18.7 Å². The van der Waals surface area contributed by atoms with Crippen molar-refractivity contribution in [2.75, 3.05) is 29.9 Å². The Labute approximate surface area is 167 Å². The van der Waals surface area contributed by atoms with Gasteiger partial charge < -0.3 is 15.0 Å². The summed E-state index contributed by atoms with van der Waals surface area (Å²) in [6.07, 6.45) is -2.31. The third kappa shape index (κ3) is 3.68. The second kappa shape index (κ2) is 6.71. The van der Waals surface area contributed by atoms with Gasteiger partial charge in [-0.25, -0.2) is 9.50 Å². The van der Waals surface area contributed by atoms with Crippen molar-refractivity contribution in [3.8, 4) is 5.88 Å². The van der Waals surface area contributed by atoms with Crippen molar-refractivity contribution >= 4 is 28.1 Å². The Balaban J connectivity index is 1.22. The number of ether oxygens (including phenoxy) is 1. The number of halogens is 3. The van der Waals surface area contributed by atoms with Crippen molar-refractivity contribution < 1.29 is 17.9 Å². The van der Waals surface area contributed by atoms with Crippen LogP contribution in [0.15, 0.2) is 18.5 Å². The Hall–Kier alpha value is -2.63. The van der Waals surface area contributed by atoms with E-state index in [1.165, 1.54) is 27.2 Å². The fourth-order valence-electron chi connectivity index (χ4n) is 3.79. The van der Waals surface area contributed by atoms with Gasteiger partial charge in [0.25, 0.3) is 5.88 Å². The highest BCUT2D eigenvalue weighted by atomic mass is 32.1. The second-order valence-electron chi connectivity index (χ2n) is 7.36. The molecule has 5 rings (SSSR count). The lowest BCUT2D eigenvalue weighted by molar-refractivity contribution is -0.139. The first-order valence-electron chi connectivity index (χ1n) is 9.23. The van der Waals surface area contributed by atoms with Crippen molar-refractivity contribution in [2.24, 2.45) is 11.8 Å². The summed E-state index contributed by atoms with van der Waals surface area (Å²) in [5.41, 5.74) is 1.33. The summed E-state index contributed by atoms with van der Waals surface area (Å²) in [4.78, 5) is 10.7. The standard InChI is InChI=1S/C17H18F3N7OS/c1-9-6-12(29-25-9)26-7-10-11(8-26)13(10)22-16-23-14-15(21-3-4-27(14)24-16)28-5-2-17(18,19)20/h3-4,6,10-11,13H,2,5,7-8H2,1H3,(H,22,24). The zero-order valence-corrected chi connectivity index (χ0v) is 16.2. The molecule has 154 valence electrons. The largest absolute Gasteiger partial charge is 0.475 e. The Morgan fingerprint density at radius 3 is 2.79 bits per heavy atom. The monoisotopic (exact) mass is 425 g/mol. The summed E-state index contributed by atoms with van der Waals surface area (Å²) in [6.45, 7) is 3.41. The van der Waals surface area contributed by atoms with Crippen molar-refractivity contribution in [2.45, 2.75) is 25.6 Å². The normalized spacial score (nSPS) is 23.4. The summed E-state index contributed by atoms with van der Waals surface area (Å²) < 4.78 is 48.0. The van der Waals surface area contributed by atoms with E-state index in [0.29, 0.717) is 29.5 Å². The number of hydrogen-bond donors (Lipinski definition) is 1. The first-order valence-corrected chi connectivity index (χ1v) is 10.0. The van der Waals surface area contributed by atoms with Crippen LogP contribution in [0, 0.1) is 18.8 Å². The Bertz CT molecular complexity index is 1020. The quantitative estimate of drug-likeness (QED) is 0.651. The van der Waals surface area contributed by atoms with Crippen LogP contribution in [0.3, 0.4) is 0 Å². The first-order chi connectivity index (χ1) is 13.9. The molecule has 0 radical (unpaired) electrons. The van der Waals surface area contributed by atoms with E-state index in [1.54, 1.807) is 6.20 Å². The number of nitrogens with one attached hydrogen (secondary N) is 1. The molecular formula is C17H18F3N7OS. The number of hydrogen-bond acceptors (Lipinski definition) is 8. The van der Waals surface area contributed by atoms with Crippen LogP contribution in [-0.4, -0.2) is 55.9 Å². The number of aromatic nitrogens is 5.